The number of aliphatic hydroxyl groups is 1. The summed E-state index contributed by atoms with van der Waals surface area (Å²) < 4.78 is 0. The van der Waals surface area contributed by atoms with Crippen LogP contribution in [0.4, 0.5) is 0 Å². The quantitative estimate of drug-likeness (QED) is 0.805. The normalized spacial score (nSPS) is 36.3. The van der Waals surface area contributed by atoms with Gasteiger partial charge in [-0.1, -0.05) is 13.8 Å². The summed E-state index contributed by atoms with van der Waals surface area (Å²) in [6, 6.07) is 2.03. The molecule has 0 aromatic heterocycles. The summed E-state index contributed by atoms with van der Waals surface area (Å²) in [4.78, 5) is 5.38. The molecule has 122 valence electrons. The van der Waals surface area contributed by atoms with Gasteiger partial charge in [-0.05, 0) is 38.5 Å². The van der Waals surface area contributed by atoms with Gasteiger partial charge in [-0.25, -0.2) is 0 Å². The van der Waals surface area contributed by atoms with Gasteiger partial charge in [0.1, 0.15) is 0 Å². The number of piperazine rings is 1. The Morgan fingerprint density at radius 1 is 1.05 bits per heavy atom. The average Bonchev–Trinajstić information content (AvgIpc) is 3.32. The van der Waals surface area contributed by atoms with E-state index >= 15 is 0 Å². The van der Waals surface area contributed by atoms with Crippen LogP contribution in [0.1, 0.15) is 52.4 Å². The van der Waals surface area contributed by atoms with Gasteiger partial charge in [-0.2, -0.15) is 0 Å². The number of hydrogen-bond acceptors (Lipinski definition) is 4. The molecule has 2 N–H and O–H groups in total. The largest absolute Gasteiger partial charge is 0.394 e. The fourth-order valence-corrected chi connectivity index (χ4v) is 4.48. The average molecular weight is 295 g/mol. The molecule has 0 aromatic carbocycles. The van der Waals surface area contributed by atoms with Gasteiger partial charge < -0.3 is 10.4 Å². The van der Waals surface area contributed by atoms with Gasteiger partial charge in [-0.3, -0.25) is 9.80 Å². The van der Waals surface area contributed by atoms with E-state index in [1.165, 1.54) is 51.9 Å². The molecular weight excluding hydrogens is 262 g/mol. The van der Waals surface area contributed by atoms with Crippen LogP contribution in [0, 0.1) is 0 Å². The molecule has 4 nitrogen and oxygen atoms in total. The SMILES string of the molecule is CC(C)NC1(CO)CCCC(N2CCN(C3CC3)CC2)C1. The molecule has 4 heteroatoms. The molecule has 0 aromatic rings. The maximum atomic E-state index is 9.94. The minimum absolute atomic E-state index is 0.0370. The zero-order chi connectivity index (χ0) is 14.9. The summed E-state index contributed by atoms with van der Waals surface area (Å²) in [5.74, 6) is 0. The minimum atomic E-state index is -0.0370. The van der Waals surface area contributed by atoms with Gasteiger partial charge in [-0.15, -0.1) is 0 Å². The zero-order valence-electron chi connectivity index (χ0n) is 13.9. The number of aliphatic hydroxyl groups excluding tert-OH is 1. The highest BCUT2D eigenvalue weighted by atomic mass is 16.3. The molecule has 0 radical (unpaired) electrons. The van der Waals surface area contributed by atoms with E-state index in [1.807, 2.05) is 0 Å². The second-order valence-electron chi connectivity index (χ2n) is 7.79. The van der Waals surface area contributed by atoms with Crippen molar-refractivity contribution in [1.29, 1.82) is 0 Å². The van der Waals surface area contributed by atoms with E-state index < -0.39 is 0 Å². The van der Waals surface area contributed by atoms with Gasteiger partial charge in [0.25, 0.3) is 0 Å². The summed E-state index contributed by atoms with van der Waals surface area (Å²) in [5.41, 5.74) is -0.0370. The Morgan fingerprint density at radius 3 is 2.19 bits per heavy atom. The number of nitrogens with zero attached hydrogens (tertiary/aromatic N) is 2. The molecule has 3 fully saturated rings. The Bertz CT molecular complexity index is 337. The third-order valence-electron chi connectivity index (χ3n) is 5.65. The molecule has 2 aliphatic carbocycles. The first-order valence-electron chi connectivity index (χ1n) is 8.98. The molecule has 0 amide bonds. The lowest BCUT2D eigenvalue weighted by Crippen LogP contribution is -2.59. The van der Waals surface area contributed by atoms with Crippen molar-refractivity contribution >= 4 is 0 Å². The van der Waals surface area contributed by atoms with E-state index in [0.29, 0.717) is 12.1 Å². The van der Waals surface area contributed by atoms with Crippen LogP contribution in [0.5, 0.6) is 0 Å². The van der Waals surface area contributed by atoms with Gasteiger partial charge in [0.05, 0.1) is 6.61 Å². The van der Waals surface area contributed by atoms with Crippen molar-refractivity contribution in [3.8, 4) is 0 Å². The van der Waals surface area contributed by atoms with Crippen molar-refractivity contribution in [2.24, 2.45) is 0 Å². The Hall–Kier alpha value is -0.160. The summed E-state index contributed by atoms with van der Waals surface area (Å²) in [6.07, 6.45) is 7.65. The first-order chi connectivity index (χ1) is 10.1. The lowest BCUT2D eigenvalue weighted by molar-refractivity contribution is 0.0277. The second-order valence-corrected chi connectivity index (χ2v) is 7.79. The van der Waals surface area contributed by atoms with Crippen LogP contribution in [0.15, 0.2) is 0 Å². The van der Waals surface area contributed by atoms with Crippen LogP contribution in [0.2, 0.25) is 0 Å². The lowest BCUT2D eigenvalue weighted by atomic mass is 9.78. The molecule has 1 heterocycles. The summed E-state index contributed by atoms with van der Waals surface area (Å²) in [5, 5.41) is 13.6. The monoisotopic (exact) mass is 295 g/mol. The van der Waals surface area contributed by atoms with Gasteiger partial charge in [0, 0.05) is 49.8 Å². The van der Waals surface area contributed by atoms with Crippen LogP contribution in [-0.2, 0) is 0 Å². The highest BCUT2D eigenvalue weighted by molar-refractivity contribution is 4.98. The highest BCUT2D eigenvalue weighted by Crippen LogP contribution is 2.33. The summed E-state index contributed by atoms with van der Waals surface area (Å²) >= 11 is 0. The molecule has 1 aliphatic heterocycles. The van der Waals surface area contributed by atoms with E-state index in [1.54, 1.807) is 0 Å². The molecule has 3 rings (SSSR count). The number of nitrogens with one attached hydrogen (secondary N) is 1. The number of hydrogen-bond donors (Lipinski definition) is 2. The molecular formula is C17H33N3O. The first-order valence-corrected chi connectivity index (χ1v) is 8.98. The van der Waals surface area contributed by atoms with Crippen LogP contribution in [-0.4, -0.2) is 71.4 Å². The van der Waals surface area contributed by atoms with Gasteiger partial charge in [0.2, 0.25) is 0 Å². The Kier molecular flexibility index (Phi) is 4.89. The van der Waals surface area contributed by atoms with Crippen molar-refractivity contribution in [3.05, 3.63) is 0 Å². The molecule has 0 spiro atoms. The molecule has 2 atom stereocenters. The molecule has 2 unspecified atom stereocenters. The van der Waals surface area contributed by atoms with E-state index in [9.17, 15) is 5.11 Å². The van der Waals surface area contributed by atoms with E-state index in [-0.39, 0.29) is 12.1 Å². The molecule has 0 bridgehead atoms. The Morgan fingerprint density at radius 2 is 1.67 bits per heavy atom. The van der Waals surface area contributed by atoms with Crippen LogP contribution < -0.4 is 5.32 Å². The van der Waals surface area contributed by atoms with Crippen molar-refractivity contribution in [1.82, 2.24) is 15.1 Å². The van der Waals surface area contributed by atoms with Crippen LogP contribution >= 0.6 is 0 Å². The van der Waals surface area contributed by atoms with Crippen molar-refractivity contribution in [2.75, 3.05) is 32.8 Å². The van der Waals surface area contributed by atoms with E-state index in [0.717, 1.165) is 18.9 Å². The minimum Gasteiger partial charge on any atom is -0.394 e. The fourth-order valence-electron chi connectivity index (χ4n) is 4.48. The van der Waals surface area contributed by atoms with Crippen molar-refractivity contribution in [3.63, 3.8) is 0 Å². The third kappa shape index (κ3) is 3.79. The molecule has 21 heavy (non-hydrogen) atoms. The van der Waals surface area contributed by atoms with Crippen LogP contribution in [0.25, 0.3) is 0 Å². The predicted molar refractivity (Wildman–Crippen MR) is 86.5 cm³/mol. The highest BCUT2D eigenvalue weighted by Gasteiger charge is 2.39. The topological polar surface area (TPSA) is 38.7 Å². The van der Waals surface area contributed by atoms with Crippen molar-refractivity contribution in [2.45, 2.75) is 76.0 Å². The number of rotatable bonds is 5. The summed E-state index contributed by atoms with van der Waals surface area (Å²) in [6.45, 7) is 9.62. The lowest BCUT2D eigenvalue weighted by Gasteiger charge is -2.47. The first kappa shape index (κ1) is 15.7. The third-order valence-corrected chi connectivity index (χ3v) is 5.65. The Labute approximate surface area is 129 Å². The molecule has 1 saturated heterocycles. The Balaban J connectivity index is 1.55. The summed E-state index contributed by atoms with van der Waals surface area (Å²) in [7, 11) is 0. The smallest absolute Gasteiger partial charge is 0.0613 e. The van der Waals surface area contributed by atoms with Crippen molar-refractivity contribution < 1.29 is 5.11 Å². The van der Waals surface area contributed by atoms with Crippen LogP contribution in [0.3, 0.4) is 0 Å². The predicted octanol–water partition coefficient (Wildman–Crippen LogP) is 1.44. The fraction of sp³-hybridized carbons (Fsp3) is 1.00. The zero-order valence-corrected chi connectivity index (χ0v) is 13.9. The van der Waals surface area contributed by atoms with E-state index in [2.05, 4.69) is 29.0 Å². The maximum absolute atomic E-state index is 9.94. The standard InChI is InChI=1S/C17H33N3O/c1-14(2)18-17(13-21)7-3-4-16(12-17)20-10-8-19(9-11-20)15-5-6-15/h14-16,18,21H,3-13H2,1-2H3. The van der Waals surface area contributed by atoms with Gasteiger partial charge >= 0.3 is 0 Å². The van der Waals surface area contributed by atoms with E-state index in [4.69, 9.17) is 0 Å². The maximum Gasteiger partial charge on any atom is 0.0613 e. The molecule has 2 saturated carbocycles. The molecule has 3 aliphatic rings. The van der Waals surface area contributed by atoms with Gasteiger partial charge in [0.15, 0.2) is 0 Å². The second kappa shape index (κ2) is 6.53.